The van der Waals surface area contributed by atoms with Gasteiger partial charge in [0.15, 0.2) is 5.75 Å². The van der Waals surface area contributed by atoms with Gasteiger partial charge in [0.05, 0.1) is 4.92 Å². The fourth-order valence-corrected chi connectivity index (χ4v) is 2.74. The first-order valence-electron chi connectivity index (χ1n) is 7.89. The number of para-hydroxylation sites is 2. The van der Waals surface area contributed by atoms with Crippen molar-refractivity contribution in [2.24, 2.45) is 0 Å². The standard InChI is InChI=1S/C18H18N2O4/c21-18(19-11-3-4-12-19)15-9-7-14(8-10-15)13-24-17-6-2-1-5-16(17)20(22)23/h1-2,5-10H,3-4,11-13H2. The molecule has 2 aromatic carbocycles. The summed E-state index contributed by atoms with van der Waals surface area (Å²) in [5.74, 6) is 0.290. The highest BCUT2D eigenvalue weighted by atomic mass is 16.6. The van der Waals surface area contributed by atoms with Crippen LogP contribution in [0.2, 0.25) is 0 Å². The van der Waals surface area contributed by atoms with Crippen LogP contribution in [0.25, 0.3) is 0 Å². The van der Waals surface area contributed by atoms with Crippen LogP contribution in [0.4, 0.5) is 5.69 Å². The lowest BCUT2D eigenvalue weighted by molar-refractivity contribution is -0.385. The summed E-state index contributed by atoms with van der Waals surface area (Å²) in [4.78, 5) is 24.6. The molecule has 124 valence electrons. The molecule has 0 atom stereocenters. The van der Waals surface area contributed by atoms with Gasteiger partial charge in [0, 0.05) is 24.7 Å². The van der Waals surface area contributed by atoms with Crippen LogP contribution in [-0.2, 0) is 6.61 Å². The Bertz CT molecular complexity index is 737. The molecule has 1 aliphatic heterocycles. The van der Waals surface area contributed by atoms with E-state index < -0.39 is 4.92 Å². The van der Waals surface area contributed by atoms with E-state index in [9.17, 15) is 14.9 Å². The van der Waals surface area contributed by atoms with Crippen LogP contribution < -0.4 is 4.74 Å². The molecule has 0 aromatic heterocycles. The molecular weight excluding hydrogens is 308 g/mol. The largest absolute Gasteiger partial charge is 0.482 e. The van der Waals surface area contributed by atoms with Crippen LogP contribution in [-0.4, -0.2) is 28.8 Å². The maximum Gasteiger partial charge on any atom is 0.310 e. The summed E-state index contributed by atoms with van der Waals surface area (Å²) in [6, 6.07) is 13.5. The number of nitrogens with zero attached hydrogens (tertiary/aromatic N) is 2. The van der Waals surface area contributed by atoms with Crippen molar-refractivity contribution in [1.29, 1.82) is 0 Å². The van der Waals surface area contributed by atoms with Crippen molar-refractivity contribution in [2.45, 2.75) is 19.4 Å². The zero-order valence-corrected chi connectivity index (χ0v) is 13.2. The summed E-state index contributed by atoms with van der Waals surface area (Å²) >= 11 is 0. The van der Waals surface area contributed by atoms with Crippen molar-refractivity contribution < 1.29 is 14.5 Å². The van der Waals surface area contributed by atoms with Crippen molar-refractivity contribution in [3.63, 3.8) is 0 Å². The molecule has 1 fully saturated rings. The van der Waals surface area contributed by atoms with E-state index in [1.165, 1.54) is 6.07 Å². The molecule has 0 saturated carbocycles. The molecule has 1 aliphatic rings. The number of hydrogen-bond acceptors (Lipinski definition) is 4. The summed E-state index contributed by atoms with van der Waals surface area (Å²) in [6.07, 6.45) is 2.13. The van der Waals surface area contributed by atoms with E-state index in [2.05, 4.69) is 0 Å². The van der Waals surface area contributed by atoms with E-state index in [0.717, 1.165) is 31.5 Å². The topological polar surface area (TPSA) is 72.7 Å². The third-order valence-corrected chi connectivity index (χ3v) is 4.05. The van der Waals surface area contributed by atoms with Crippen LogP contribution >= 0.6 is 0 Å². The van der Waals surface area contributed by atoms with Gasteiger partial charge in [0.25, 0.3) is 5.91 Å². The second kappa shape index (κ2) is 7.12. The van der Waals surface area contributed by atoms with Gasteiger partial charge in [-0.05, 0) is 36.6 Å². The van der Waals surface area contributed by atoms with Gasteiger partial charge in [-0.1, -0.05) is 24.3 Å². The van der Waals surface area contributed by atoms with Gasteiger partial charge in [-0.25, -0.2) is 0 Å². The van der Waals surface area contributed by atoms with Crippen molar-refractivity contribution in [3.05, 3.63) is 69.8 Å². The smallest absolute Gasteiger partial charge is 0.310 e. The number of nitro groups is 1. The fourth-order valence-electron chi connectivity index (χ4n) is 2.74. The Morgan fingerprint density at radius 1 is 1.08 bits per heavy atom. The normalized spacial score (nSPS) is 13.8. The number of carbonyl (C=O) groups is 1. The average Bonchev–Trinajstić information content (AvgIpc) is 3.14. The van der Waals surface area contributed by atoms with Crippen LogP contribution in [0.3, 0.4) is 0 Å². The predicted octanol–water partition coefficient (Wildman–Crippen LogP) is 3.41. The number of benzene rings is 2. The molecule has 2 aromatic rings. The van der Waals surface area contributed by atoms with E-state index in [0.29, 0.717) is 5.56 Å². The number of ether oxygens (including phenoxy) is 1. The molecule has 24 heavy (non-hydrogen) atoms. The minimum Gasteiger partial charge on any atom is -0.482 e. The Balaban J connectivity index is 1.64. The van der Waals surface area contributed by atoms with Gasteiger partial charge >= 0.3 is 5.69 Å². The van der Waals surface area contributed by atoms with Gasteiger partial charge in [-0.15, -0.1) is 0 Å². The quantitative estimate of drug-likeness (QED) is 0.623. The molecule has 0 N–H and O–H groups in total. The highest BCUT2D eigenvalue weighted by Gasteiger charge is 2.19. The van der Waals surface area contributed by atoms with Gasteiger partial charge in [-0.3, -0.25) is 14.9 Å². The van der Waals surface area contributed by atoms with Crippen LogP contribution in [0.15, 0.2) is 48.5 Å². The second-order valence-electron chi connectivity index (χ2n) is 5.71. The average molecular weight is 326 g/mol. The van der Waals surface area contributed by atoms with Gasteiger partial charge in [0.2, 0.25) is 0 Å². The summed E-state index contributed by atoms with van der Waals surface area (Å²) in [7, 11) is 0. The first kappa shape index (κ1) is 16.0. The molecular formula is C18H18N2O4. The third kappa shape index (κ3) is 3.53. The van der Waals surface area contributed by atoms with Gasteiger partial charge < -0.3 is 9.64 Å². The number of carbonyl (C=O) groups excluding carboxylic acids is 1. The SMILES string of the molecule is O=C(c1ccc(COc2ccccc2[N+](=O)[O-])cc1)N1CCCC1. The first-order valence-corrected chi connectivity index (χ1v) is 7.89. The Kier molecular flexibility index (Phi) is 4.74. The van der Waals surface area contributed by atoms with Gasteiger partial charge in [-0.2, -0.15) is 0 Å². The van der Waals surface area contributed by atoms with Crippen molar-refractivity contribution >= 4 is 11.6 Å². The fraction of sp³-hybridized carbons (Fsp3) is 0.278. The highest BCUT2D eigenvalue weighted by molar-refractivity contribution is 5.94. The number of nitro benzene ring substituents is 1. The van der Waals surface area contributed by atoms with Crippen molar-refractivity contribution in [2.75, 3.05) is 13.1 Å². The maximum absolute atomic E-state index is 12.3. The highest BCUT2D eigenvalue weighted by Crippen LogP contribution is 2.26. The van der Waals surface area contributed by atoms with E-state index in [4.69, 9.17) is 4.74 Å². The Morgan fingerprint density at radius 3 is 2.42 bits per heavy atom. The maximum atomic E-state index is 12.3. The van der Waals surface area contributed by atoms with Crippen molar-refractivity contribution in [3.8, 4) is 5.75 Å². The molecule has 6 nitrogen and oxygen atoms in total. The number of amides is 1. The first-order chi connectivity index (χ1) is 11.6. The summed E-state index contributed by atoms with van der Waals surface area (Å²) in [5, 5.41) is 11.0. The summed E-state index contributed by atoms with van der Waals surface area (Å²) in [5.41, 5.74) is 1.45. The molecule has 0 spiro atoms. The lowest BCUT2D eigenvalue weighted by Crippen LogP contribution is -2.27. The van der Waals surface area contributed by atoms with E-state index in [-0.39, 0.29) is 24.0 Å². The van der Waals surface area contributed by atoms with Crippen LogP contribution in [0, 0.1) is 10.1 Å². The molecule has 0 bridgehead atoms. The third-order valence-electron chi connectivity index (χ3n) is 4.05. The molecule has 1 saturated heterocycles. The van der Waals surface area contributed by atoms with E-state index in [1.54, 1.807) is 30.3 Å². The molecule has 1 amide bonds. The molecule has 0 radical (unpaired) electrons. The monoisotopic (exact) mass is 326 g/mol. The number of rotatable bonds is 5. The molecule has 1 heterocycles. The number of hydrogen-bond donors (Lipinski definition) is 0. The zero-order valence-electron chi connectivity index (χ0n) is 13.2. The van der Waals surface area contributed by atoms with Crippen LogP contribution in [0.5, 0.6) is 5.75 Å². The molecule has 0 aliphatic carbocycles. The summed E-state index contributed by atoms with van der Waals surface area (Å²) < 4.78 is 5.55. The lowest BCUT2D eigenvalue weighted by atomic mass is 10.1. The molecule has 0 unspecified atom stereocenters. The summed E-state index contributed by atoms with van der Waals surface area (Å²) in [6.45, 7) is 1.85. The van der Waals surface area contributed by atoms with Crippen LogP contribution in [0.1, 0.15) is 28.8 Å². The Morgan fingerprint density at radius 2 is 1.75 bits per heavy atom. The minimum atomic E-state index is -0.465. The molecule has 3 rings (SSSR count). The van der Waals surface area contributed by atoms with E-state index in [1.807, 2.05) is 17.0 Å². The lowest BCUT2D eigenvalue weighted by Gasteiger charge is -2.15. The number of likely N-dealkylation sites (tertiary alicyclic amines) is 1. The van der Waals surface area contributed by atoms with E-state index >= 15 is 0 Å². The second-order valence-corrected chi connectivity index (χ2v) is 5.71. The Hall–Kier alpha value is -2.89. The predicted molar refractivity (Wildman–Crippen MR) is 89.0 cm³/mol. The van der Waals surface area contributed by atoms with Crippen molar-refractivity contribution in [1.82, 2.24) is 4.90 Å². The minimum absolute atomic E-state index is 0.0543. The van der Waals surface area contributed by atoms with Gasteiger partial charge in [0.1, 0.15) is 6.61 Å². The molecule has 6 heteroatoms. The zero-order chi connectivity index (χ0) is 16.9. The Labute approximate surface area is 139 Å².